The first-order chi connectivity index (χ1) is 17.5. The summed E-state index contributed by atoms with van der Waals surface area (Å²) >= 11 is 0. The molecule has 1 aliphatic rings. The number of ether oxygens (including phenoxy) is 3. The van der Waals surface area contributed by atoms with Gasteiger partial charge in [-0.2, -0.15) is 0 Å². The Morgan fingerprint density at radius 2 is 1.69 bits per heavy atom. The maximum atomic E-state index is 13.4. The van der Waals surface area contributed by atoms with E-state index < -0.39 is 17.8 Å². The Morgan fingerprint density at radius 1 is 0.917 bits per heavy atom. The fourth-order valence-electron chi connectivity index (χ4n) is 4.02. The molecule has 4 rings (SSSR count). The molecule has 0 aliphatic carbocycles. The number of urea groups is 1. The number of methoxy groups -OCH3 is 1. The van der Waals surface area contributed by atoms with Gasteiger partial charge in [-0.15, -0.1) is 0 Å². The number of nitrogens with one attached hydrogen (secondary N) is 1. The highest BCUT2D eigenvalue weighted by atomic mass is 16.5. The van der Waals surface area contributed by atoms with Gasteiger partial charge >= 0.3 is 6.03 Å². The molecule has 8 heteroatoms. The fraction of sp³-hybridized carbons (Fsp3) is 0.250. The third-order valence-electron chi connectivity index (χ3n) is 5.74. The van der Waals surface area contributed by atoms with E-state index in [2.05, 4.69) is 5.32 Å². The molecule has 1 saturated heterocycles. The molecule has 0 unspecified atom stereocenters. The van der Waals surface area contributed by atoms with E-state index in [1.165, 1.54) is 13.2 Å². The standard InChI is InChI=1S/C28H28N2O6/c1-4-14-36-24-12-10-18(15-25(24)35-5-2)17-30-27(32)22(26(31)29-28(30)33)16-21-20-9-7-6-8-19(20)11-13-23(21)34-3/h6-13,15-16H,4-5,14,17H2,1-3H3,(H,29,31,33)/b22-16+. The highest BCUT2D eigenvalue weighted by Gasteiger charge is 2.36. The summed E-state index contributed by atoms with van der Waals surface area (Å²) in [5, 5.41) is 4.02. The maximum Gasteiger partial charge on any atom is 0.331 e. The number of rotatable bonds is 9. The molecule has 0 atom stereocenters. The molecule has 0 saturated carbocycles. The quantitative estimate of drug-likeness (QED) is 0.347. The first-order valence-electron chi connectivity index (χ1n) is 11.8. The zero-order valence-electron chi connectivity index (χ0n) is 20.5. The van der Waals surface area contributed by atoms with Crippen LogP contribution in [0.3, 0.4) is 0 Å². The summed E-state index contributed by atoms with van der Waals surface area (Å²) in [4.78, 5) is 39.7. The van der Waals surface area contributed by atoms with Gasteiger partial charge in [-0.1, -0.05) is 43.3 Å². The number of carbonyl (C=O) groups is 3. The van der Waals surface area contributed by atoms with E-state index >= 15 is 0 Å². The number of imide groups is 2. The minimum atomic E-state index is -0.781. The van der Waals surface area contributed by atoms with E-state index in [9.17, 15) is 14.4 Å². The van der Waals surface area contributed by atoms with Gasteiger partial charge in [0.1, 0.15) is 11.3 Å². The van der Waals surface area contributed by atoms with Gasteiger partial charge in [-0.05, 0) is 54.0 Å². The highest BCUT2D eigenvalue weighted by molar-refractivity contribution is 6.31. The van der Waals surface area contributed by atoms with E-state index in [4.69, 9.17) is 14.2 Å². The topological polar surface area (TPSA) is 94.2 Å². The summed E-state index contributed by atoms with van der Waals surface area (Å²) in [7, 11) is 1.52. The number of hydrogen-bond acceptors (Lipinski definition) is 6. The maximum absolute atomic E-state index is 13.4. The van der Waals surface area contributed by atoms with Crippen molar-refractivity contribution >= 4 is 34.7 Å². The van der Waals surface area contributed by atoms with Crippen LogP contribution in [-0.2, 0) is 16.1 Å². The van der Waals surface area contributed by atoms with Crippen LogP contribution < -0.4 is 19.5 Å². The summed E-state index contributed by atoms with van der Waals surface area (Å²) in [6.07, 6.45) is 2.33. The largest absolute Gasteiger partial charge is 0.496 e. The van der Waals surface area contributed by atoms with Crippen molar-refractivity contribution < 1.29 is 28.6 Å². The molecule has 0 bridgehead atoms. The van der Waals surface area contributed by atoms with Crippen LogP contribution in [0, 0.1) is 0 Å². The smallest absolute Gasteiger partial charge is 0.331 e. The van der Waals surface area contributed by atoms with Crippen LogP contribution in [0.25, 0.3) is 16.8 Å². The normalized spacial score (nSPS) is 14.8. The molecule has 0 aromatic heterocycles. The summed E-state index contributed by atoms with van der Waals surface area (Å²) in [6, 6.07) is 15.7. The Hall–Kier alpha value is -4.33. The van der Waals surface area contributed by atoms with Crippen molar-refractivity contribution in [1.82, 2.24) is 10.2 Å². The van der Waals surface area contributed by atoms with Gasteiger partial charge in [0.05, 0.1) is 26.9 Å². The molecular weight excluding hydrogens is 460 g/mol. The van der Waals surface area contributed by atoms with Gasteiger partial charge in [0, 0.05) is 5.56 Å². The van der Waals surface area contributed by atoms with Crippen molar-refractivity contribution in [2.75, 3.05) is 20.3 Å². The van der Waals surface area contributed by atoms with Gasteiger partial charge in [-0.3, -0.25) is 19.8 Å². The molecule has 36 heavy (non-hydrogen) atoms. The lowest BCUT2D eigenvalue weighted by Gasteiger charge is -2.27. The number of hydrogen-bond donors (Lipinski definition) is 1. The minimum absolute atomic E-state index is 0.0455. The molecular formula is C28H28N2O6. The van der Waals surface area contributed by atoms with Gasteiger partial charge in [0.15, 0.2) is 11.5 Å². The zero-order chi connectivity index (χ0) is 25.7. The van der Waals surface area contributed by atoms with Crippen molar-refractivity contribution in [3.05, 3.63) is 71.3 Å². The number of nitrogens with zero attached hydrogens (tertiary/aromatic N) is 1. The number of fused-ring (bicyclic) bond motifs is 1. The summed E-state index contributed by atoms with van der Waals surface area (Å²) in [5.41, 5.74) is 1.08. The van der Waals surface area contributed by atoms with Gasteiger partial charge in [-0.25, -0.2) is 4.79 Å². The second-order valence-corrected chi connectivity index (χ2v) is 8.17. The lowest BCUT2D eigenvalue weighted by Crippen LogP contribution is -2.53. The Bertz CT molecular complexity index is 1350. The third-order valence-corrected chi connectivity index (χ3v) is 5.74. The minimum Gasteiger partial charge on any atom is -0.496 e. The summed E-state index contributed by atoms with van der Waals surface area (Å²) in [6.45, 7) is 4.80. The average molecular weight is 489 g/mol. The Labute approximate surface area is 209 Å². The molecule has 0 spiro atoms. The number of amides is 4. The Morgan fingerprint density at radius 3 is 2.44 bits per heavy atom. The van der Waals surface area contributed by atoms with E-state index in [1.807, 2.05) is 44.2 Å². The fourth-order valence-corrected chi connectivity index (χ4v) is 4.02. The Balaban J connectivity index is 1.68. The molecule has 186 valence electrons. The predicted molar refractivity (Wildman–Crippen MR) is 136 cm³/mol. The summed E-state index contributed by atoms with van der Waals surface area (Å²) < 4.78 is 16.9. The summed E-state index contributed by atoms with van der Waals surface area (Å²) in [5.74, 6) is 0.183. The third kappa shape index (κ3) is 5.02. The van der Waals surface area contributed by atoms with Crippen molar-refractivity contribution in [2.24, 2.45) is 0 Å². The van der Waals surface area contributed by atoms with Crippen LogP contribution in [-0.4, -0.2) is 43.1 Å². The molecule has 1 aliphatic heterocycles. The molecule has 1 fully saturated rings. The second kappa shape index (κ2) is 10.9. The number of carbonyl (C=O) groups excluding carboxylic acids is 3. The first-order valence-corrected chi connectivity index (χ1v) is 11.8. The molecule has 8 nitrogen and oxygen atoms in total. The molecule has 0 radical (unpaired) electrons. The SMILES string of the molecule is CCCOc1ccc(CN2C(=O)NC(=O)/C(=C\c3c(OC)ccc4ccccc34)C2=O)cc1OCC. The van der Waals surface area contributed by atoms with Crippen LogP contribution in [0.4, 0.5) is 4.79 Å². The monoisotopic (exact) mass is 488 g/mol. The van der Waals surface area contributed by atoms with E-state index in [-0.39, 0.29) is 12.1 Å². The molecule has 3 aromatic rings. The average Bonchev–Trinajstić information content (AvgIpc) is 2.88. The Kier molecular flexibility index (Phi) is 7.53. The predicted octanol–water partition coefficient (Wildman–Crippen LogP) is 4.70. The lowest BCUT2D eigenvalue weighted by molar-refractivity contribution is -0.130. The van der Waals surface area contributed by atoms with Crippen molar-refractivity contribution in [3.63, 3.8) is 0 Å². The number of barbiturate groups is 1. The first kappa shape index (κ1) is 24.8. The van der Waals surface area contributed by atoms with E-state index in [1.54, 1.807) is 24.3 Å². The van der Waals surface area contributed by atoms with E-state index in [0.717, 1.165) is 22.1 Å². The van der Waals surface area contributed by atoms with Gasteiger partial charge in [0.25, 0.3) is 11.8 Å². The molecule has 3 aromatic carbocycles. The molecule has 1 N–H and O–H groups in total. The second-order valence-electron chi connectivity index (χ2n) is 8.17. The zero-order valence-corrected chi connectivity index (χ0v) is 20.5. The van der Waals surface area contributed by atoms with Crippen LogP contribution in [0.5, 0.6) is 17.2 Å². The van der Waals surface area contributed by atoms with Crippen LogP contribution >= 0.6 is 0 Å². The molecule has 4 amide bonds. The van der Waals surface area contributed by atoms with Gasteiger partial charge in [0.2, 0.25) is 0 Å². The van der Waals surface area contributed by atoms with Crippen LogP contribution in [0.15, 0.2) is 60.2 Å². The van der Waals surface area contributed by atoms with Crippen molar-refractivity contribution in [2.45, 2.75) is 26.8 Å². The molecule has 1 heterocycles. The number of benzene rings is 3. The lowest BCUT2D eigenvalue weighted by atomic mass is 9.99. The van der Waals surface area contributed by atoms with Gasteiger partial charge < -0.3 is 14.2 Å². The van der Waals surface area contributed by atoms with Crippen LogP contribution in [0.2, 0.25) is 0 Å². The van der Waals surface area contributed by atoms with E-state index in [0.29, 0.717) is 41.6 Å². The highest BCUT2D eigenvalue weighted by Crippen LogP contribution is 2.32. The van der Waals surface area contributed by atoms with Crippen molar-refractivity contribution in [3.8, 4) is 17.2 Å². The van der Waals surface area contributed by atoms with Crippen molar-refractivity contribution in [1.29, 1.82) is 0 Å². The van der Waals surface area contributed by atoms with Crippen LogP contribution in [0.1, 0.15) is 31.4 Å².